The molecule has 0 amide bonds. The molecule has 0 aromatic rings. The van der Waals surface area contributed by atoms with Gasteiger partial charge in [-0.1, -0.05) is 13.8 Å². The number of hydrogen-bond acceptors (Lipinski definition) is 2. The third-order valence-electron chi connectivity index (χ3n) is 4.22. The molecular formula is C12H24N2. The van der Waals surface area contributed by atoms with Crippen LogP contribution in [0.2, 0.25) is 0 Å². The number of rotatable bonds is 1. The Morgan fingerprint density at radius 3 is 1.93 bits per heavy atom. The van der Waals surface area contributed by atoms with Crippen LogP contribution in [0.3, 0.4) is 0 Å². The van der Waals surface area contributed by atoms with Gasteiger partial charge in [-0.3, -0.25) is 4.90 Å². The fourth-order valence-corrected chi connectivity index (χ4v) is 2.83. The van der Waals surface area contributed by atoms with E-state index in [2.05, 4.69) is 30.7 Å². The first-order valence-electron chi connectivity index (χ1n) is 6.09. The van der Waals surface area contributed by atoms with Crippen LogP contribution < -0.4 is 0 Å². The number of nitrogens with zero attached hydrogens (tertiary/aromatic N) is 2. The molecule has 2 saturated heterocycles. The van der Waals surface area contributed by atoms with Crippen molar-refractivity contribution in [1.29, 1.82) is 0 Å². The molecule has 2 atom stereocenters. The molecule has 82 valence electrons. The highest BCUT2D eigenvalue weighted by atomic mass is 15.2. The number of likely N-dealkylation sites (tertiary alicyclic amines) is 2. The molecule has 0 aromatic heterocycles. The van der Waals surface area contributed by atoms with E-state index in [1.807, 2.05) is 0 Å². The van der Waals surface area contributed by atoms with Crippen LogP contribution in [-0.4, -0.2) is 49.1 Å². The van der Waals surface area contributed by atoms with Crippen molar-refractivity contribution in [2.45, 2.75) is 32.7 Å². The Kier molecular flexibility index (Phi) is 3.13. The summed E-state index contributed by atoms with van der Waals surface area (Å²) < 4.78 is 0. The Hall–Kier alpha value is -0.0800. The summed E-state index contributed by atoms with van der Waals surface area (Å²) in [6.45, 7) is 10.1. The first-order chi connectivity index (χ1) is 6.66. The first-order valence-corrected chi connectivity index (χ1v) is 6.09. The van der Waals surface area contributed by atoms with Crippen LogP contribution in [0.1, 0.15) is 26.7 Å². The molecule has 14 heavy (non-hydrogen) atoms. The topological polar surface area (TPSA) is 6.48 Å². The quantitative estimate of drug-likeness (QED) is 0.629. The lowest BCUT2D eigenvalue weighted by atomic mass is 10.0. The van der Waals surface area contributed by atoms with E-state index < -0.39 is 0 Å². The molecule has 2 heterocycles. The van der Waals surface area contributed by atoms with Crippen molar-refractivity contribution in [1.82, 2.24) is 9.80 Å². The standard InChI is InChI=1S/C12H24N2/c1-10-8-14(9-11(10)2)12-4-6-13(3)7-5-12/h10-12H,4-9H2,1-3H3. The average molecular weight is 196 g/mol. The maximum Gasteiger partial charge on any atom is 0.0120 e. The zero-order valence-electron chi connectivity index (χ0n) is 9.87. The Morgan fingerprint density at radius 2 is 1.43 bits per heavy atom. The van der Waals surface area contributed by atoms with Gasteiger partial charge < -0.3 is 4.90 Å². The van der Waals surface area contributed by atoms with E-state index in [9.17, 15) is 0 Å². The summed E-state index contributed by atoms with van der Waals surface area (Å²) in [5, 5.41) is 0. The van der Waals surface area contributed by atoms with Gasteiger partial charge >= 0.3 is 0 Å². The van der Waals surface area contributed by atoms with E-state index in [-0.39, 0.29) is 0 Å². The lowest BCUT2D eigenvalue weighted by Gasteiger charge is -2.35. The minimum absolute atomic E-state index is 0.888. The minimum atomic E-state index is 0.888. The van der Waals surface area contributed by atoms with Crippen molar-refractivity contribution < 1.29 is 0 Å². The van der Waals surface area contributed by atoms with Crippen LogP contribution in [0.15, 0.2) is 0 Å². The molecule has 2 unspecified atom stereocenters. The lowest BCUT2D eigenvalue weighted by Crippen LogP contribution is -2.42. The summed E-state index contributed by atoms with van der Waals surface area (Å²) in [6.07, 6.45) is 2.77. The number of piperidine rings is 1. The van der Waals surface area contributed by atoms with Gasteiger partial charge in [-0.15, -0.1) is 0 Å². The van der Waals surface area contributed by atoms with Gasteiger partial charge in [0, 0.05) is 19.1 Å². The molecule has 2 aliphatic rings. The van der Waals surface area contributed by atoms with Crippen LogP contribution in [-0.2, 0) is 0 Å². The highest BCUT2D eigenvalue weighted by Gasteiger charge is 2.31. The molecule has 2 heteroatoms. The largest absolute Gasteiger partial charge is 0.306 e. The van der Waals surface area contributed by atoms with E-state index in [1.54, 1.807) is 0 Å². The van der Waals surface area contributed by atoms with Crippen molar-refractivity contribution in [3.63, 3.8) is 0 Å². The van der Waals surface area contributed by atoms with E-state index in [0.717, 1.165) is 17.9 Å². The molecule has 0 bridgehead atoms. The predicted molar refractivity (Wildman–Crippen MR) is 60.4 cm³/mol. The summed E-state index contributed by atoms with van der Waals surface area (Å²) in [6, 6.07) is 0.888. The number of hydrogen-bond donors (Lipinski definition) is 0. The molecule has 0 N–H and O–H groups in total. The van der Waals surface area contributed by atoms with Gasteiger partial charge in [0.25, 0.3) is 0 Å². The Morgan fingerprint density at radius 1 is 0.929 bits per heavy atom. The summed E-state index contributed by atoms with van der Waals surface area (Å²) in [7, 11) is 2.24. The first kappa shape index (κ1) is 10.4. The monoisotopic (exact) mass is 196 g/mol. The molecule has 2 nitrogen and oxygen atoms in total. The minimum Gasteiger partial charge on any atom is -0.306 e. The third-order valence-corrected chi connectivity index (χ3v) is 4.22. The van der Waals surface area contributed by atoms with Gasteiger partial charge in [0.1, 0.15) is 0 Å². The van der Waals surface area contributed by atoms with Crippen molar-refractivity contribution in [3.8, 4) is 0 Å². The van der Waals surface area contributed by atoms with Crippen molar-refractivity contribution in [2.24, 2.45) is 11.8 Å². The van der Waals surface area contributed by atoms with Crippen LogP contribution in [0, 0.1) is 11.8 Å². The molecule has 0 radical (unpaired) electrons. The average Bonchev–Trinajstić information content (AvgIpc) is 2.48. The van der Waals surface area contributed by atoms with Crippen molar-refractivity contribution in [2.75, 3.05) is 33.2 Å². The Bertz CT molecular complexity index is 175. The van der Waals surface area contributed by atoms with Gasteiger partial charge in [-0.05, 0) is 44.8 Å². The van der Waals surface area contributed by atoms with E-state index in [1.165, 1.54) is 39.0 Å². The van der Waals surface area contributed by atoms with Crippen LogP contribution in [0.25, 0.3) is 0 Å². The molecule has 0 aliphatic carbocycles. The maximum atomic E-state index is 2.74. The molecule has 0 spiro atoms. The smallest absolute Gasteiger partial charge is 0.0120 e. The summed E-state index contributed by atoms with van der Waals surface area (Å²) in [4.78, 5) is 5.20. The second kappa shape index (κ2) is 4.19. The third kappa shape index (κ3) is 2.12. The van der Waals surface area contributed by atoms with E-state index >= 15 is 0 Å². The van der Waals surface area contributed by atoms with Crippen molar-refractivity contribution >= 4 is 0 Å². The van der Waals surface area contributed by atoms with Gasteiger partial charge in [-0.2, -0.15) is 0 Å². The van der Waals surface area contributed by atoms with E-state index in [0.29, 0.717) is 0 Å². The summed E-state index contributed by atoms with van der Waals surface area (Å²) in [5.74, 6) is 1.82. The fourth-order valence-electron chi connectivity index (χ4n) is 2.83. The van der Waals surface area contributed by atoms with Gasteiger partial charge in [0.15, 0.2) is 0 Å². The van der Waals surface area contributed by atoms with Gasteiger partial charge in [0.2, 0.25) is 0 Å². The highest BCUT2D eigenvalue weighted by Crippen LogP contribution is 2.27. The van der Waals surface area contributed by atoms with Crippen molar-refractivity contribution in [3.05, 3.63) is 0 Å². The molecule has 2 rings (SSSR count). The van der Waals surface area contributed by atoms with Crippen LogP contribution in [0.4, 0.5) is 0 Å². The second-order valence-corrected chi connectivity index (χ2v) is 5.44. The second-order valence-electron chi connectivity index (χ2n) is 5.44. The normalized spacial score (nSPS) is 37.9. The molecule has 2 aliphatic heterocycles. The summed E-state index contributed by atoms with van der Waals surface area (Å²) >= 11 is 0. The molecular weight excluding hydrogens is 172 g/mol. The molecule has 0 aromatic carbocycles. The maximum absolute atomic E-state index is 2.74. The SMILES string of the molecule is CC1CN(C2CCN(C)CC2)CC1C. The molecule has 2 fully saturated rings. The zero-order chi connectivity index (χ0) is 10.1. The van der Waals surface area contributed by atoms with Crippen LogP contribution in [0.5, 0.6) is 0 Å². The summed E-state index contributed by atoms with van der Waals surface area (Å²) in [5.41, 5.74) is 0. The van der Waals surface area contributed by atoms with Crippen LogP contribution >= 0.6 is 0 Å². The lowest BCUT2D eigenvalue weighted by molar-refractivity contribution is 0.139. The van der Waals surface area contributed by atoms with E-state index in [4.69, 9.17) is 0 Å². The highest BCUT2D eigenvalue weighted by molar-refractivity contribution is 4.86. The Labute approximate surface area is 88.3 Å². The van der Waals surface area contributed by atoms with Gasteiger partial charge in [-0.25, -0.2) is 0 Å². The fraction of sp³-hybridized carbons (Fsp3) is 1.00. The zero-order valence-corrected chi connectivity index (χ0v) is 9.87. The molecule has 0 saturated carbocycles. The predicted octanol–water partition coefficient (Wildman–Crippen LogP) is 1.67. The Balaban J connectivity index is 1.85. The van der Waals surface area contributed by atoms with Gasteiger partial charge in [0.05, 0.1) is 0 Å².